The highest BCUT2D eigenvalue weighted by Crippen LogP contribution is 2.29. The molecule has 1 heterocycles. The normalized spacial score (nSPS) is 29.5. The molecular formula is C14H24N2O. The number of hydrogen-bond acceptors (Lipinski definition) is 3. The molecule has 1 aliphatic rings. The Morgan fingerprint density at radius 2 is 1.88 bits per heavy atom. The van der Waals surface area contributed by atoms with E-state index >= 15 is 0 Å². The minimum absolute atomic E-state index is 0.637. The van der Waals surface area contributed by atoms with Crippen LogP contribution in [0.15, 0.2) is 4.52 Å². The van der Waals surface area contributed by atoms with Crippen LogP contribution in [0.5, 0.6) is 0 Å². The number of nitrogens with one attached hydrogen (secondary N) is 1. The van der Waals surface area contributed by atoms with Gasteiger partial charge in [-0.1, -0.05) is 25.4 Å². The van der Waals surface area contributed by atoms with Crippen LogP contribution in [-0.2, 0) is 6.54 Å². The van der Waals surface area contributed by atoms with Gasteiger partial charge in [0.15, 0.2) is 0 Å². The van der Waals surface area contributed by atoms with Crippen molar-refractivity contribution in [1.82, 2.24) is 10.5 Å². The van der Waals surface area contributed by atoms with Crippen LogP contribution in [0.1, 0.15) is 50.1 Å². The zero-order valence-electron chi connectivity index (χ0n) is 11.4. The highest BCUT2D eigenvalue weighted by Gasteiger charge is 2.27. The van der Waals surface area contributed by atoms with Crippen molar-refractivity contribution >= 4 is 0 Å². The van der Waals surface area contributed by atoms with Gasteiger partial charge in [0, 0.05) is 18.2 Å². The third-order valence-corrected chi connectivity index (χ3v) is 4.24. The molecule has 96 valence electrons. The molecule has 1 N–H and O–H groups in total. The first-order chi connectivity index (χ1) is 8.09. The fourth-order valence-corrected chi connectivity index (χ4v) is 3.06. The highest BCUT2D eigenvalue weighted by molar-refractivity contribution is 5.20. The van der Waals surface area contributed by atoms with E-state index < -0.39 is 0 Å². The summed E-state index contributed by atoms with van der Waals surface area (Å²) >= 11 is 0. The van der Waals surface area contributed by atoms with Gasteiger partial charge in [-0.3, -0.25) is 0 Å². The first kappa shape index (κ1) is 12.6. The Hall–Kier alpha value is -0.830. The zero-order chi connectivity index (χ0) is 12.4. The van der Waals surface area contributed by atoms with Crippen molar-refractivity contribution in [2.45, 2.75) is 59.5 Å². The minimum atomic E-state index is 0.637. The van der Waals surface area contributed by atoms with E-state index in [2.05, 4.69) is 24.3 Å². The van der Waals surface area contributed by atoms with Crippen LogP contribution in [0.2, 0.25) is 0 Å². The number of hydrogen-bond donors (Lipinski definition) is 1. The zero-order valence-corrected chi connectivity index (χ0v) is 11.4. The smallest absolute Gasteiger partial charge is 0.138 e. The van der Waals surface area contributed by atoms with Crippen LogP contribution in [0.3, 0.4) is 0 Å². The third-order valence-electron chi connectivity index (χ3n) is 4.24. The summed E-state index contributed by atoms with van der Waals surface area (Å²) in [5.41, 5.74) is 2.25. The molecule has 0 amide bonds. The van der Waals surface area contributed by atoms with Crippen LogP contribution >= 0.6 is 0 Å². The number of nitrogens with zero attached hydrogens (tertiary/aromatic N) is 1. The van der Waals surface area contributed by atoms with Crippen molar-refractivity contribution in [3.05, 3.63) is 17.0 Å². The Labute approximate surface area is 104 Å². The van der Waals surface area contributed by atoms with Crippen molar-refractivity contribution < 1.29 is 4.52 Å². The van der Waals surface area contributed by atoms with Gasteiger partial charge < -0.3 is 9.84 Å². The summed E-state index contributed by atoms with van der Waals surface area (Å²) in [7, 11) is 0. The maximum Gasteiger partial charge on any atom is 0.138 e. The monoisotopic (exact) mass is 236 g/mol. The molecule has 3 nitrogen and oxygen atoms in total. The molecule has 1 saturated carbocycles. The standard InChI is InChI=1S/C14H24N2O/c1-9-6-5-7-10(2)14(9)15-8-13-11(3)16-17-12(13)4/h9-10,14-15H,5-8H2,1-4H3. The molecule has 0 bridgehead atoms. The molecule has 0 aromatic carbocycles. The van der Waals surface area contributed by atoms with Gasteiger partial charge >= 0.3 is 0 Å². The van der Waals surface area contributed by atoms with Crippen molar-refractivity contribution in [1.29, 1.82) is 0 Å². The van der Waals surface area contributed by atoms with Gasteiger partial charge in [-0.2, -0.15) is 0 Å². The van der Waals surface area contributed by atoms with E-state index in [0.717, 1.165) is 29.8 Å². The van der Waals surface area contributed by atoms with Gasteiger partial charge in [-0.15, -0.1) is 0 Å². The molecule has 1 fully saturated rings. The molecule has 2 rings (SSSR count). The fraction of sp³-hybridized carbons (Fsp3) is 0.786. The van der Waals surface area contributed by atoms with Gasteiger partial charge in [0.1, 0.15) is 5.76 Å². The lowest BCUT2D eigenvalue weighted by Crippen LogP contribution is -2.42. The summed E-state index contributed by atoms with van der Waals surface area (Å²) in [5.74, 6) is 2.50. The van der Waals surface area contributed by atoms with Crippen molar-refractivity contribution in [2.24, 2.45) is 11.8 Å². The second kappa shape index (κ2) is 5.21. The van der Waals surface area contributed by atoms with E-state index in [1.54, 1.807) is 0 Å². The second-order valence-electron chi connectivity index (χ2n) is 5.59. The summed E-state index contributed by atoms with van der Waals surface area (Å²) in [6, 6.07) is 0.637. The molecule has 17 heavy (non-hydrogen) atoms. The maximum atomic E-state index is 5.20. The summed E-state index contributed by atoms with van der Waals surface area (Å²) < 4.78 is 5.20. The van der Waals surface area contributed by atoms with Gasteiger partial charge in [0.05, 0.1) is 5.69 Å². The molecule has 2 atom stereocenters. The Bertz CT molecular complexity index is 343. The van der Waals surface area contributed by atoms with E-state index in [1.165, 1.54) is 24.8 Å². The number of rotatable bonds is 3. The lowest BCUT2D eigenvalue weighted by Gasteiger charge is -2.35. The molecule has 3 heteroatoms. The van der Waals surface area contributed by atoms with E-state index in [0.29, 0.717) is 6.04 Å². The predicted octanol–water partition coefficient (Wildman–Crippen LogP) is 3.21. The summed E-state index contributed by atoms with van der Waals surface area (Å²) in [5, 5.41) is 7.71. The maximum absolute atomic E-state index is 5.20. The molecular weight excluding hydrogens is 212 g/mol. The number of aromatic nitrogens is 1. The Kier molecular flexibility index (Phi) is 3.87. The molecule has 0 radical (unpaired) electrons. The van der Waals surface area contributed by atoms with E-state index in [-0.39, 0.29) is 0 Å². The van der Waals surface area contributed by atoms with Gasteiger partial charge in [0.2, 0.25) is 0 Å². The van der Waals surface area contributed by atoms with Gasteiger partial charge in [-0.25, -0.2) is 0 Å². The van der Waals surface area contributed by atoms with E-state index in [4.69, 9.17) is 4.52 Å². The quantitative estimate of drug-likeness (QED) is 0.875. The van der Waals surface area contributed by atoms with E-state index in [1.807, 2.05) is 13.8 Å². The third kappa shape index (κ3) is 2.71. The van der Waals surface area contributed by atoms with Crippen molar-refractivity contribution in [2.75, 3.05) is 0 Å². The lowest BCUT2D eigenvalue weighted by molar-refractivity contribution is 0.207. The van der Waals surface area contributed by atoms with Crippen LogP contribution in [-0.4, -0.2) is 11.2 Å². The first-order valence-corrected chi connectivity index (χ1v) is 6.74. The topological polar surface area (TPSA) is 38.1 Å². The second-order valence-corrected chi connectivity index (χ2v) is 5.59. The summed E-state index contributed by atoms with van der Waals surface area (Å²) in [6.07, 6.45) is 4.08. The van der Waals surface area contributed by atoms with E-state index in [9.17, 15) is 0 Å². The molecule has 0 aliphatic heterocycles. The molecule has 1 aromatic heterocycles. The highest BCUT2D eigenvalue weighted by atomic mass is 16.5. The average Bonchev–Trinajstić information content (AvgIpc) is 2.59. The number of aryl methyl sites for hydroxylation is 2. The summed E-state index contributed by atoms with van der Waals surface area (Å²) in [6.45, 7) is 9.62. The lowest BCUT2D eigenvalue weighted by atomic mass is 9.78. The molecule has 2 unspecified atom stereocenters. The summed E-state index contributed by atoms with van der Waals surface area (Å²) in [4.78, 5) is 0. The van der Waals surface area contributed by atoms with Crippen LogP contribution in [0, 0.1) is 25.7 Å². The Morgan fingerprint density at radius 3 is 2.41 bits per heavy atom. The predicted molar refractivity (Wildman–Crippen MR) is 68.8 cm³/mol. The van der Waals surface area contributed by atoms with Crippen LogP contribution in [0.25, 0.3) is 0 Å². The SMILES string of the molecule is Cc1noc(C)c1CNC1C(C)CCCC1C. The minimum Gasteiger partial charge on any atom is -0.361 e. The molecule has 0 spiro atoms. The van der Waals surface area contributed by atoms with Crippen molar-refractivity contribution in [3.63, 3.8) is 0 Å². The van der Waals surface area contributed by atoms with Crippen molar-refractivity contribution in [3.8, 4) is 0 Å². The first-order valence-electron chi connectivity index (χ1n) is 6.74. The largest absolute Gasteiger partial charge is 0.361 e. The average molecular weight is 236 g/mol. The fourth-order valence-electron chi connectivity index (χ4n) is 3.06. The Morgan fingerprint density at radius 1 is 1.24 bits per heavy atom. The van der Waals surface area contributed by atoms with Gasteiger partial charge in [-0.05, 0) is 38.5 Å². The van der Waals surface area contributed by atoms with Crippen LogP contribution in [0.4, 0.5) is 0 Å². The van der Waals surface area contributed by atoms with Crippen LogP contribution < -0.4 is 5.32 Å². The van der Waals surface area contributed by atoms with Gasteiger partial charge in [0.25, 0.3) is 0 Å². The molecule has 1 aliphatic carbocycles. The molecule has 1 aromatic rings. The Balaban J connectivity index is 1.97. The molecule has 0 saturated heterocycles.